The van der Waals surface area contributed by atoms with Crippen molar-refractivity contribution in [3.63, 3.8) is 0 Å². The van der Waals surface area contributed by atoms with E-state index in [1.165, 1.54) is 44.9 Å². The maximum atomic E-state index is 13.8. The molecular weight excluding hydrogens is 253 g/mol. The number of nitrogens with one attached hydrogen (secondary N) is 1. The zero-order chi connectivity index (χ0) is 14.6. The Bertz CT molecular complexity index is 368. The minimum atomic E-state index is -0.324. The molecule has 0 heterocycles. The molecule has 114 valence electrons. The van der Waals surface area contributed by atoms with E-state index in [9.17, 15) is 4.39 Å². The van der Waals surface area contributed by atoms with Crippen molar-refractivity contribution in [2.24, 2.45) is 0 Å². The molecule has 0 unspecified atom stereocenters. The highest BCUT2D eigenvalue weighted by Crippen LogP contribution is 2.18. The predicted octanol–water partition coefficient (Wildman–Crippen LogP) is 4.87. The summed E-state index contributed by atoms with van der Waals surface area (Å²) < 4.78 is 13.8. The molecule has 0 amide bonds. The summed E-state index contributed by atoms with van der Waals surface area (Å²) in [7, 11) is 0. The lowest BCUT2D eigenvalue weighted by Crippen LogP contribution is -2.05. The maximum Gasteiger partial charge on any atom is 0.151 e. The van der Waals surface area contributed by atoms with Gasteiger partial charge in [0, 0.05) is 12.1 Å². The Kier molecular flexibility index (Phi) is 9.05. The normalized spacial score (nSPS) is 10.8. The second kappa shape index (κ2) is 10.7. The van der Waals surface area contributed by atoms with Gasteiger partial charge in [0.1, 0.15) is 0 Å². The lowest BCUT2D eigenvalue weighted by atomic mass is 10.1. The minimum Gasteiger partial charge on any atom is -0.392 e. The Morgan fingerprint density at radius 3 is 2.30 bits per heavy atom. The van der Waals surface area contributed by atoms with Gasteiger partial charge < -0.3 is 10.4 Å². The van der Waals surface area contributed by atoms with E-state index in [2.05, 4.69) is 12.2 Å². The third kappa shape index (κ3) is 6.38. The highest BCUT2D eigenvalue weighted by Gasteiger charge is 2.05. The van der Waals surface area contributed by atoms with Gasteiger partial charge in [-0.15, -0.1) is 0 Å². The van der Waals surface area contributed by atoms with Gasteiger partial charge in [-0.2, -0.15) is 0 Å². The van der Waals surface area contributed by atoms with E-state index >= 15 is 0 Å². The SMILES string of the molecule is CCCCCCCCCCNc1cccc(CO)c1F. The van der Waals surface area contributed by atoms with E-state index in [0.29, 0.717) is 11.3 Å². The van der Waals surface area contributed by atoms with Crippen LogP contribution in [-0.4, -0.2) is 11.7 Å². The molecule has 0 aliphatic heterocycles. The van der Waals surface area contributed by atoms with Crippen LogP contribution in [0.4, 0.5) is 10.1 Å². The number of aliphatic hydroxyl groups excluding tert-OH is 1. The molecule has 2 N–H and O–H groups in total. The van der Waals surface area contributed by atoms with Crippen molar-refractivity contribution in [1.29, 1.82) is 0 Å². The van der Waals surface area contributed by atoms with E-state index in [-0.39, 0.29) is 12.4 Å². The third-order valence-corrected chi connectivity index (χ3v) is 3.59. The lowest BCUT2D eigenvalue weighted by molar-refractivity contribution is 0.276. The van der Waals surface area contributed by atoms with Crippen LogP contribution in [0.2, 0.25) is 0 Å². The summed E-state index contributed by atoms with van der Waals surface area (Å²) in [5, 5.41) is 12.1. The number of rotatable bonds is 11. The van der Waals surface area contributed by atoms with E-state index in [4.69, 9.17) is 5.11 Å². The number of hydrogen-bond donors (Lipinski definition) is 2. The Morgan fingerprint density at radius 2 is 1.65 bits per heavy atom. The molecule has 0 bridgehead atoms. The van der Waals surface area contributed by atoms with Gasteiger partial charge >= 0.3 is 0 Å². The number of anilines is 1. The van der Waals surface area contributed by atoms with Crippen molar-refractivity contribution in [1.82, 2.24) is 0 Å². The largest absolute Gasteiger partial charge is 0.392 e. The Hall–Kier alpha value is -1.09. The Labute approximate surface area is 122 Å². The highest BCUT2D eigenvalue weighted by molar-refractivity contribution is 5.47. The second-order valence-corrected chi connectivity index (χ2v) is 5.34. The summed E-state index contributed by atoms with van der Waals surface area (Å²) in [6.45, 7) is 2.77. The standard InChI is InChI=1S/C17H28FNO/c1-2-3-4-5-6-7-8-9-13-19-16-12-10-11-15(14-20)17(16)18/h10-12,19-20H,2-9,13-14H2,1H3. The summed E-state index contributed by atoms with van der Waals surface area (Å²) in [6.07, 6.45) is 10.2. The topological polar surface area (TPSA) is 32.3 Å². The molecular formula is C17H28FNO. The molecule has 20 heavy (non-hydrogen) atoms. The molecule has 0 aliphatic carbocycles. The smallest absolute Gasteiger partial charge is 0.151 e. The van der Waals surface area contributed by atoms with Gasteiger partial charge in [0.25, 0.3) is 0 Å². The number of halogens is 1. The van der Waals surface area contributed by atoms with E-state index in [1.807, 2.05) is 0 Å². The van der Waals surface area contributed by atoms with Gasteiger partial charge in [0.2, 0.25) is 0 Å². The summed E-state index contributed by atoms with van der Waals surface area (Å²) in [6, 6.07) is 5.10. The first kappa shape index (κ1) is 17.0. The van der Waals surface area contributed by atoms with Crippen LogP contribution in [0.5, 0.6) is 0 Å². The predicted molar refractivity (Wildman–Crippen MR) is 83.4 cm³/mol. The maximum absolute atomic E-state index is 13.8. The molecule has 0 saturated heterocycles. The average Bonchev–Trinajstić information content (AvgIpc) is 2.47. The van der Waals surface area contributed by atoms with Gasteiger partial charge in [-0.05, 0) is 12.5 Å². The average molecular weight is 281 g/mol. The van der Waals surface area contributed by atoms with Crippen LogP contribution < -0.4 is 5.32 Å². The third-order valence-electron chi connectivity index (χ3n) is 3.59. The molecule has 0 aromatic heterocycles. The van der Waals surface area contributed by atoms with Crippen molar-refractivity contribution < 1.29 is 9.50 Å². The first-order valence-corrected chi connectivity index (χ1v) is 7.91. The zero-order valence-corrected chi connectivity index (χ0v) is 12.6. The van der Waals surface area contributed by atoms with Crippen LogP contribution in [0.3, 0.4) is 0 Å². The van der Waals surface area contributed by atoms with E-state index < -0.39 is 0 Å². The van der Waals surface area contributed by atoms with Crippen LogP contribution >= 0.6 is 0 Å². The number of benzene rings is 1. The Morgan fingerprint density at radius 1 is 1.00 bits per heavy atom. The number of unbranched alkanes of at least 4 members (excludes halogenated alkanes) is 7. The molecule has 0 aliphatic rings. The van der Waals surface area contributed by atoms with Crippen LogP contribution in [0.1, 0.15) is 63.9 Å². The van der Waals surface area contributed by atoms with Gasteiger partial charge in [0.05, 0.1) is 12.3 Å². The quantitative estimate of drug-likeness (QED) is 0.567. The summed E-state index contributed by atoms with van der Waals surface area (Å²) >= 11 is 0. The van der Waals surface area contributed by atoms with Crippen molar-refractivity contribution in [2.75, 3.05) is 11.9 Å². The van der Waals surface area contributed by atoms with Crippen LogP contribution in [0, 0.1) is 5.82 Å². The fourth-order valence-corrected chi connectivity index (χ4v) is 2.32. The van der Waals surface area contributed by atoms with E-state index in [1.54, 1.807) is 18.2 Å². The van der Waals surface area contributed by atoms with Crippen LogP contribution in [-0.2, 0) is 6.61 Å². The highest BCUT2D eigenvalue weighted by atomic mass is 19.1. The number of aliphatic hydroxyl groups is 1. The van der Waals surface area contributed by atoms with Gasteiger partial charge in [-0.1, -0.05) is 64.0 Å². The summed E-state index contributed by atoms with van der Waals surface area (Å²) in [4.78, 5) is 0. The van der Waals surface area contributed by atoms with Gasteiger partial charge in [0.15, 0.2) is 5.82 Å². The van der Waals surface area contributed by atoms with Gasteiger partial charge in [-0.3, -0.25) is 0 Å². The molecule has 1 aromatic carbocycles. The molecule has 1 rings (SSSR count). The first-order chi connectivity index (χ1) is 9.79. The molecule has 2 nitrogen and oxygen atoms in total. The molecule has 0 spiro atoms. The first-order valence-electron chi connectivity index (χ1n) is 7.91. The van der Waals surface area contributed by atoms with Crippen molar-refractivity contribution in [3.8, 4) is 0 Å². The fourth-order valence-electron chi connectivity index (χ4n) is 2.32. The molecule has 1 aromatic rings. The monoisotopic (exact) mass is 281 g/mol. The molecule has 0 atom stereocenters. The molecule has 0 radical (unpaired) electrons. The van der Waals surface area contributed by atoms with Crippen molar-refractivity contribution >= 4 is 5.69 Å². The van der Waals surface area contributed by atoms with Crippen LogP contribution in [0.25, 0.3) is 0 Å². The fraction of sp³-hybridized carbons (Fsp3) is 0.647. The molecule has 0 saturated carbocycles. The number of hydrogen-bond acceptors (Lipinski definition) is 2. The zero-order valence-electron chi connectivity index (χ0n) is 12.6. The molecule has 0 fully saturated rings. The Balaban J connectivity index is 2.09. The van der Waals surface area contributed by atoms with Gasteiger partial charge in [-0.25, -0.2) is 4.39 Å². The summed E-state index contributed by atoms with van der Waals surface area (Å²) in [5.74, 6) is -0.324. The minimum absolute atomic E-state index is 0.251. The summed E-state index contributed by atoms with van der Waals surface area (Å²) in [5.41, 5.74) is 0.852. The van der Waals surface area contributed by atoms with Crippen molar-refractivity contribution in [2.45, 2.75) is 64.9 Å². The molecule has 3 heteroatoms. The van der Waals surface area contributed by atoms with E-state index in [0.717, 1.165) is 13.0 Å². The van der Waals surface area contributed by atoms with Crippen LogP contribution in [0.15, 0.2) is 18.2 Å². The van der Waals surface area contributed by atoms with Crippen molar-refractivity contribution in [3.05, 3.63) is 29.6 Å². The second-order valence-electron chi connectivity index (χ2n) is 5.34. The lowest BCUT2D eigenvalue weighted by Gasteiger charge is -2.09.